The topological polar surface area (TPSA) is 35.6 Å². The van der Waals surface area contributed by atoms with Gasteiger partial charge < -0.3 is 9.80 Å². The number of hydrogen-bond donors (Lipinski definition) is 1. The Labute approximate surface area is 127 Å². The molecular weight excluding hydrogens is 262 g/mol. The van der Waals surface area contributed by atoms with E-state index < -0.39 is 0 Å². The first-order valence-electron chi connectivity index (χ1n) is 7.94. The van der Waals surface area contributed by atoms with Crippen molar-refractivity contribution >= 4 is 5.91 Å². The Hall–Kier alpha value is -1.39. The third kappa shape index (κ3) is 2.58. The van der Waals surface area contributed by atoms with Gasteiger partial charge in [-0.15, -0.1) is 0 Å². The minimum Gasteiger partial charge on any atom is -0.317 e. The van der Waals surface area contributed by atoms with Gasteiger partial charge in [0.05, 0.1) is 6.04 Å². The number of nitrogens with zero attached hydrogens (tertiary/aromatic N) is 2. The number of carbonyl (C=O) groups is 1. The van der Waals surface area contributed by atoms with Crippen LogP contribution in [0.4, 0.5) is 0 Å². The quantitative estimate of drug-likeness (QED) is 0.922. The summed E-state index contributed by atoms with van der Waals surface area (Å²) in [6.45, 7) is 6.26. The van der Waals surface area contributed by atoms with Crippen molar-refractivity contribution in [3.63, 3.8) is 0 Å². The van der Waals surface area contributed by atoms with Gasteiger partial charge >= 0.3 is 0 Å². The number of aryl methyl sites for hydroxylation is 1. The number of hydrogen-bond acceptors (Lipinski definition) is 3. The summed E-state index contributed by atoms with van der Waals surface area (Å²) in [6.07, 6.45) is 1.95. The molecule has 2 saturated heterocycles. The average molecular weight is 287 g/mol. The number of likely N-dealkylation sites (N-methyl/N-ethyl adjacent to an activating group) is 1. The summed E-state index contributed by atoms with van der Waals surface area (Å²) in [5, 5.41) is 3.55. The molecule has 3 atom stereocenters. The summed E-state index contributed by atoms with van der Waals surface area (Å²) < 4.78 is 0. The molecule has 0 spiro atoms. The van der Waals surface area contributed by atoms with E-state index in [1.54, 1.807) is 0 Å². The Balaban J connectivity index is 1.93. The fourth-order valence-electron chi connectivity index (χ4n) is 3.60. The van der Waals surface area contributed by atoms with Gasteiger partial charge in [0.1, 0.15) is 6.17 Å². The molecule has 0 radical (unpaired) electrons. The predicted octanol–water partition coefficient (Wildman–Crippen LogP) is 1.91. The van der Waals surface area contributed by atoms with Crippen LogP contribution in [0.25, 0.3) is 0 Å². The smallest absolute Gasteiger partial charge is 0.241 e. The molecule has 2 aliphatic rings. The van der Waals surface area contributed by atoms with Gasteiger partial charge in [0.15, 0.2) is 0 Å². The number of carbonyl (C=O) groups excluding carboxylic acids is 1. The van der Waals surface area contributed by atoms with Gasteiger partial charge in [-0.05, 0) is 44.5 Å². The Morgan fingerprint density at radius 3 is 2.71 bits per heavy atom. The Kier molecular flexibility index (Phi) is 4.00. The molecule has 2 aliphatic heterocycles. The van der Waals surface area contributed by atoms with E-state index in [2.05, 4.69) is 60.3 Å². The first-order valence-corrected chi connectivity index (χ1v) is 7.94. The fraction of sp³-hybridized carbons (Fsp3) is 0.588. The Bertz CT molecular complexity index is 531. The first-order chi connectivity index (χ1) is 10.1. The number of benzene rings is 1. The van der Waals surface area contributed by atoms with Crippen LogP contribution in [0, 0.1) is 6.92 Å². The van der Waals surface area contributed by atoms with E-state index in [0.29, 0.717) is 6.04 Å². The van der Waals surface area contributed by atoms with Crippen LogP contribution in [-0.4, -0.2) is 47.9 Å². The number of amides is 1. The molecule has 1 N–H and O–H groups in total. The van der Waals surface area contributed by atoms with Crippen molar-refractivity contribution < 1.29 is 4.79 Å². The normalized spacial score (nSPS) is 30.3. The zero-order chi connectivity index (χ0) is 15.0. The third-order valence-electron chi connectivity index (χ3n) is 4.84. The maximum Gasteiger partial charge on any atom is 0.241 e. The lowest BCUT2D eigenvalue weighted by atomic mass is 10.0. The molecule has 1 aromatic rings. The number of nitrogens with one attached hydrogen (secondary N) is 1. The van der Waals surface area contributed by atoms with E-state index in [1.165, 1.54) is 11.1 Å². The molecule has 2 heterocycles. The van der Waals surface area contributed by atoms with Crippen LogP contribution in [0.5, 0.6) is 0 Å². The van der Waals surface area contributed by atoms with Gasteiger partial charge in [-0.3, -0.25) is 10.1 Å². The van der Waals surface area contributed by atoms with E-state index in [-0.39, 0.29) is 18.1 Å². The maximum atomic E-state index is 12.8. The van der Waals surface area contributed by atoms with Crippen LogP contribution in [-0.2, 0) is 4.79 Å². The number of likely N-dealkylation sites (tertiary alicyclic amines) is 1. The molecule has 0 saturated carbocycles. The van der Waals surface area contributed by atoms with E-state index in [4.69, 9.17) is 0 Å². The average Bonchev–Trinajstić information content (AvgIpc) is 3.03. The van der Waals surface area contributed by atoms with Gasteiger partial charge in [0.2, 0.25) is 5.91 Å². The van der Waals surface area contributed by atoms with E-state index in [1.807, 2.05) is 0 Å². The van der Waals surface area contributed by atoms with Crippen molar-refractivity contribution in [2.24, 2.45) is 0 Å². The maximum absolute atomic E-state index is 12.8. The lowest BCUT2D eigenvalue weighted by Gasteiger charge is -2.31. The zero-order valence-electron chi connectivity index (χ0n) is 13.2. The van der Waals surface area contributed by atoms with Crippen LogP contribution in [0.1, 0.15) is 37.1 Å². The van der Waals surface area contributed by atoms with E-state index in [0.717, 1.165) is 25.9 Å². The summed E-state index contributed by atoms with van der Waals surface area (Å²) >= 11 is 0. The highest BCUT2D eigenvalue weighted by Crippen LogP contribution is 2.32. The molecule has 4 nitrogen and oxygen atoms in total. The van der Waals surface area contributed by atoms with Crippen LogP contribution in [0.2, 0.25) is 0 Å². The molecule has 114 valence electrons. The lowest BCUT2D eigenvalue weighted by molar-refractivity contribution is -0.132. The van der Waals surface area contributed by atoms with Gasteiger partial charge in [-0.2, -0.15) is 0 Å². The molecule has 4 heteroatoms. The van der Waals surface area contributed by atoms with Crippen LogP contribution in [0.15, 0.2) is 24.3 Å². The summed E-state index contributed by atoms with van der Waals surface area (Å²) in [4.78, 5) is 17.2. The summed E-state index contributed by atoms with van der Waals surface area (Å²) in [6, 6.07) is 8.67. The largest absolute Gasteiger partial charge is 0.317 e. The molecule has 0 aliphatic carbocycles. The van der Waals surface area contributed by atoms with Crippen molar-refractivity contribution in [3.05, 3.63) is 35.4 Å². The SMILES string of the molecule is CCC1NC(c2ccccc2C)N(C2CCN(C)C2)C1=O. The Morgan fingerprint density at radius 1 is 1.33 bits per heavy atom. The van der Waals surface area contributed by atoms with Crippen molar-refractivity contribution in [1.29, 1.82) is 0 Å². The summed E-state index contributed by atoms with van der Waals surface area (Å²) in [7, 11) is 2.13. The van der Waals surface area contributed by atoms with E-state index >= 15 is 0 Å². The van der Waals surface area contributed by atoms with Crippen LogP contribution >= 0.6 is 0 Å². The molecule has 3 rings (SSSR count). The van der Waals surface area contributed by atoms with Crippen molar-refractivity contribution in [3.8, 4) is 0 Å². The minimum absolute atomic E-state index is 0.0279. The molecule has 1 aromatic carbocycles. The van der Waals surface area contributed by atoms with Gasteiger partial charge in [0.25, 0.3) is 0 Å². The van der Waals surface area contributed by atoms with Gasteiger partial charge in [-0.25, -0.2) is 0 Å². The van der Waals surface area contributed by atoms with Gasteiger partial charge in [0, 0.05) is 12.6 Å². The van der Waals surface area contributed by atoms with Gasteiger partial charge in [-0.1, -0.05) is 31.2 Å². The highest BCUT2D eigenvalue weighted by atomic mass is 16.2. The molecule has 0 aromatic heterocycles. The first kappa shape index (κ1) is 14.5. The standard InChI is InChI=1S/C17H25N3O/c1-4-15-17(21)20(13-9-10-19(3)11-13)16(18-15)14-8-6-5-7-12(14)2/h5-8,13,15-16,18H,4,9-11H2,1-3H3. The molecular formula is C17H25N3O. The van der Waals surface area contributed by atoms with Crippen LogP contribution < -0.4 is 5.32 Å². The third-order valence-corrected chi connectivity index (χ3v) is 4.84. The Morgan fingerprint density at radius 2 is 2.10 bits per heavy atom. The second-order valence-electron chi connectivity index (χ2n) is 6.34. The molecule has 1 amide bonds. The predicted molar refractivity (Wildman–Crippen MR) is 83.9 cm³/mol. The van der Waals surface area contributed by atoms with Crippen LogP contribution in [0.3, 0.4) is 0 Å². The fourth-order valence-corrected chi connectivity index (χ4v) is 3.60. The molecule has 0 bridgehead atoms. The summed E-state index contributed by atoms with van der Waals surface area (Å²) in [5.41, 5.74) is 2.48. The molecule has 3 unspecified atom stereocenters. The second-order valence-corrected chi connectivity index (χ2v) is 6.34. The second kappa shape index (κ2) is 5.78. The molecule has 21 heavy (non-hydrogen) atoms. The zero-order valence-corrected chi connectivity index (χ0v) is 13.2. The lowest BCUT2D eigenvalue weighted by Crippen LogP contribution is -2.41. The van der Waals surface area contributed by atoms with Crippen molar-refractivity contribution in [2.75, 3.05) is 20.1 Å². The molecule has 2 fully saturated rings. The highest BCUT2D eigenvalue weighted by Gasteiger charge is 2.44. The summed E-state index contributed by atoms with van der Waals surface area (Å²) in [5.74, 6) is 0.269. The highest BCUT2D eigenvalue weighted by molar-refractivity contribution is 5.85. The number of rotatable bonds is 3. The minimum atomic E-state index is -0.0412. The monoisotopic (exact) mass is 287 g/mol. The van der Waals surface area contributed by atoms with Crippen molar-refractivity contribution in [2.45, 2.75) is 44.9 Å². The van der Waals surface area contributed by atoms with Crippen molar-refractivity contribution in [1.82, 2.24) is 15.1 Å². The van der Waals surface area contributed by atoms with E-state index in [9.17, 15) is 4.79 Å².